The Labute approximate surface area is 200 Å². The lowest BCUT2D eigenvalue weighted by Gasteiger charge is -2.25. The first kappa shape index (κ1) is 23.8. The molecule has 1 heterocycles. The lowest BCUT2D eigenvalue weighted by atomic mass is 9.98. The number of nitrogens with one attached hydrogen (secondary N) is 1. The van der Waals surface area contributed by atoms with Crippen LogP contribution in [0.4, 0.5) is 5.69 Å². The Bertz CT molecular complexity index is 1470. The van der Waals surface area contributed by atoms with Crippen molar-refractivity contribution in [1.82, 2.24) is 4.41 Å². The summed E-state index contributed by atoms with van der Waals surface area (Å²) in [6, 6.07) is 20.1. The third kappa shape index (κ3) is 4.78. The highest BCUT2D eigenvalue weighted by Gasteiger charge is 2.39. The van der Waals surface area contributed by atoms with Crippen molar-refractivity contribution in [2.45, 2.75) is 24.3 Å². The fourth-order valence-corrected chi connectivity index (χ4v) is 6.19. The summed E-state index contributed by atoms with van der Waals surface area (Å²) in [5, 5.41) is 4.55. The van der Waals surface area contributed by atoms with E-state index in [9.17, 15) is 16.8 Å². The Kier molecular flexibility index (Phi) is 6.37. The van der Waals surface area contributed by atoms with Crippen LogP contribution in [0.3, 0.4) is 0 Å². The van der Waals surface area contributed by atoms with Gasteiger partial charge in [-0.25, -0.2) is 8.42 Å². The van der Waals surface area contributed by atoms with Crippen LogP contribution < -0.4 is 9.46 Å². The zero-order chi connectivity index (χ0) is 24.5. The second-order valence-corrected chi connectivity index (χ2v) is 11.5. The molecule has 0 bridgehead atoms. The highest BCUT2D eigenvalue weighted by molar-refractivity contribution is 7.92. The van der Waals surface area contributed by atoms with Crippen molar-refractivity contribution in [2.75, 3.05) is 18.1 Å². The van der Waals surface area contributed by atoms with Gasteiger partial charge in [0.25, 0.3) is 10.0 Å². The lowest BCUT2D eigenvalue weighted by Crippen LogP contribution is -2.28. The molecule has 1 atom stereocenters. The standard InChI is InChI=1S/C24H25N3O5S2/c1-17-9-4-7-14-24(17)34(30,31)27-22(20-12-5-6-13-23(20)32-2)16-21(25-27)18-10-8-11-19(15-18)26-33(3,28)29/h4-15,22,26H,16H2,1-3H3/t22-/m1/s1. The molecule has 178 valence electrons. The third-order valence-corrected chi connectivity index (χ3v) is 7.94. The van der Waals surface area contributed by atoms with Crippen LogP contribution in [0.2, 0.25) is 0 Å². The number of hydrogen-bond acceptors (Lipinski definition) is 6. The molecule has 3 aromatic carbocycles. The predicted octanol–water partition coefficient (Wildman–Crippen LogP) is 3.92. The largest absolute Gasteiger partial charge is 0.496 e. The summed E-state index contributed by atoms with van der Waals surface area (Å²) in [7, 11) is -5.92. The Morgan fingerprint density at radius 1 is 0.971 bits per heavy atom. The normalized spacial score (nSPS) is 16.3. The van der Waals surface area contributed by atoms with Gasteiger partial charge in [-0.3, -0.25) is 4.72 Å². The molecule has 0 aromatic heterocycles. The minimum atomic E-state index is -3.99. The summed E-state index contributed by atoms with van der Waals surface area (Å²) in [5.74, 6) is 0.557. The number of hydrogen-bond donors (Lipinski definition) is 1. The van der Waals surface area contributed by atoms with Gasteiger partial charge in [-0.05, 0) is 42.3 Å². The van der Waals surface area contributed by atoms with Crippen LogP contribution in [0, 0.1) is 6.92 Å². The van der Waals surface area contributed by atoms with Crippen LogP contribution in [-0.4, -0.2) is 40.3 Å². The smallest absolute Gasteiger partial charge is 0.279 e. The fourth-order valence-electron chi connectivity index (χ4n) is 3.98. The number of hydrazone groups is 1. The van der Waals surface area contributed by atoms with Gasteiger partial charge >= 0.3 is 0 Å². The summed E-state index contributed by atoms with van der Waals surface area (Å²) < 4.78 is 60.0. The van der Waals surface area contributed by atoms with Crippen LogP contribution in [0.15, 0.2) is 82.8 Å². The molecule has 34 heavy (non-hydrogen) atoms. The molecule has 4 rings (SSSR count). The van der Waals surface area contributed by atoms with Crippen molar-refractivity contribution in [3.63, 3.8) is 0 Å². The van der Waals surface area contributed by atoms with Gasteiger partial charge in [0, 0.05) is 17.7 Å². The highest BCUT2D eigenvalue weighted by atomic mass is 32.2. The predicted molar refractivity (Wildman–Crippen MR) is 132 cm³/mol. The molecule has 0 saturated carbocycles. The number of benzene rings is 3. The summed E-state index contributed by atoms with van der Waals surface area (Å²) in [6.07, 6.45) is 1.36. The Hall–Kier alpha value is -3.37. The molecule has 0 unspecified atom stereocenters. The van der Waals surface area contributed by atoms with Gasteiger partial charge in [0.15, 0.2) is 0 Å². The Morgan fingerprint density at radius 3 is 2.38 bits per heavy atom. The molecule has 1 N–H and O–H groups in total. The van der Waals surface area contributed by atoms with E-state index < -0.39 is 26.1 Å². The van der Waals surface area contributed by atoms with Crippen LogP contribution in [-0.2, 0) is 20.0 Å². The summed E-state index contributed by atoms with van der Waals surface area (Å²) in [6.45, 7) is 1.74. The molecule has 0 radical (unpaired) electrons. The molecule has 0 spiro atoms. The number of rotatable bonds is 7. The van der Waals surface area contributed by atoms with Crippen LogP contribution in [0.1, 0.15) is 29.2 Å². The molecule has 3 aromatic rings. The van der Waals surface area contributed by atoms with Gasteiger partial charge in [-0.1, -0.05) is 48.5 Å². The molecule has 0 saturated heterocycles. The molecule has 10 heteroatoms. The summed E-state index contributed by atoms with van der Waals surface area (Å²) in [5.41, 5.74) is 2.81. The molecule has 0 fully saturated rings. The van der Waals surface area contributed by atoms with Crippen molar-refractivity contribution in [1.29, 1.82) is 0 Å². The van der Waals surface area contributed by atoms with Crippen molar-refractivity contribution in [2.24, 2.45) is 5.10 Å². The fraction of sp³-hybridized carbons (Fsp3) is 0.208. The van der Waals surface area contributed by atoms with Crippen LogP contribution in [0.5, 0.6) is 5.75 Å². The number of para-hydroxylation sites is 1. The number of ether oxygens (including phenoxy) is 1. The van der Waals surface area contributed by atoms with Crippen molar-refractivity contribution in [3.8, 4) is 5.75 Å². The monoisotopic (exact) mass is 499 g/mol. The first-order valence-electron chi connectivity index (χ1n) is 10.5. The van der Waals surface area contributed by atoms with Gasteiger partial charge in [0.2, 0.25) is 10.0 Å². The van der Waals surface area contributed by atoms with Crippen LogP contribution in [0.25, 0.3) is 0 Å². The molecule has 1 aliphatic heterocycles. The Morgan fingerprint density at radius 2 is 1.68 bits per heavy atom. The van der Waals surface area contributed by atoms with Gasteiger partial charge in [-0.2, -0.15) is 17.9 Å². The average Bonchev–Trinajstić information content (AvgIpc) is 3.24. The van der Waals surface area contributed by atoms with Crippen molar-refractivity contribution >= 4 is 31.4 Å². The number of methoxy groups -OCH3 is 1. The summed E-state index contributed by atoms with van der Waals surface area (Å²) in [4.78, 5) is 0.174. The van der Waals surface area contributed by atoms with Gasteiger partial charge in [0.1, 0.15) is 5.75 Å². The second-order valence-electron chi connectivity index (χ2n) is 8.01. The molecule has 8 nitrogen and oxygen atoms in total. The molecule has 0 amide bonds. The number of nitrogens with zero attached hydrogens (tertiary/aromatic N) is 2. The molecule has 1 aliphatic rings. The van der Waals surface area contributed by atoms with E-state index in [0.717, 1.165) is 10.7 Å². The van der Waals surface area contributed by atoms with Gasteiger partial charge in [0.05, 0.1) is 30.0 Å². The second kappa shape index (κ2) is 9.11. The zero-order valence-electron chi connectivity index (χ0n) is 19.0. The van der Waals surface area contributed by atoms with E-state index in [1.807, 2.05) is 18.2 Å². The first-order valence-corrected chi connectivity index (χ1v) is 13.8. The third-order valence-electron chi connectivity index (χ3n) is 5.49. The average molecular weight is 500 g/mol. The van der Waals surface area contributed by atoms with Crippen molar-refractivity contribution < 1.29 is 21.6 Å². The Balaban J connectivity index is 1.83. The maximum absolute atomic E-state index is 13.8. The minimum absolute atomic E-state index is 0.174. The molecular formula is C24H25N3O5S2. The lowest BCUT2D eigenvalue weighted by molar-refractivity contribution is 0.350. The number of aryl methyl sites for hydroxylation is 1. The SMILES string of the molecule is COc1ccccc1[C@H]1CC(c2cccc(NS(C)(=O)=O)c2)=NN1S(=O)(=O)c1ccccc1C. The van der Waals surface area contributed by atoms with Crippen molar-refractivity contribution in [3.05, 3.63) is 89.5 Å². The van der Waals surface area contributed by atoms with Gasteiger partial charge < -0.3 is 4.74 Å². The molecule has 0 aliphatic carbocycles. The van der Waals surface area contributed by atoms with Gasteiger partial charge in [-0.15, -0.1) is 0 Å². The zero-order valence-corrected chi connectivity index (χ0v) is 20.6. The first-order chi connectivity index (χ1) is 16.1. The maximum atomic E-state index is 13.8. The highest BCUT2D eigenvalue weighted by Crippen LogP contribution is 2.41. The van der Waals surface area contributed by atoms with E-state index in [-0.39, 0.29) is 11.3 Å². The van der Waals surface area contributed by atoms with Crippen LogP contribution >= 0.6 is 0 Å². The number of sulfonamides is 2. The minimum Gasteiger partial charge on any atom is -0.496 e. The molecular weight excluding hydrogens is 474 g/mol. The van der Waals surface area contributed by atoms with E-state index in [1.165, 1.54) is 7.11 Å². The summed E-state index contributed by atoms with van der Waals surface area (Å²) >= 11 is 0. The van der Waals surface area contributed by atoms with E-state index in [2.05, 4.69) is 9.82 Å². The van der Waals surface area contributed by atoms with E-state index in [0.29, 0.717) is 33.8 Å². The topological polar surface area (TPSA) is 105 Å². The van der Waals surface area contributed by atoms with E-state index >= 15 is 0 Å². The quantitative estimate of drug-likeness (QED) is 0.531. The maximum Gasteiger partial charge on any atom is 0.279 e. The van der Waals surface area contributed by atoms with E-state index in [4.69, 9.17) is 4.74 Å². The number of anilines is 1. The van der Waals surface area contributed by atoms with E-state index in [1.54, 1.807) is 61.5 Å².